The van der Waals surface area contributed by atoms with Crippen LogP contribution in [0.2, 0.25) is 0 Å². The normalized spacial score (nSPS) is 12.1. The van der Waals surface area contributed by atoms with Gasteiger partial charge in [-0.25, -0.2) is 17.2 Å². The van der Waals surface area contributed by atoms with Crippen molar-refractivity contribution in [2.24, 2.45) is 4.99 Å². The zero-order chi connectivity index (χ0) is 18.4. The Hall–Kier alpha value is -2.48. The Balaban J connectivity index is 1.93. The van der Waals surface area contributed by atoms with Crippen molar-refractivity contribution in [3.05, 3.63) is 65.2 Å². The summed E-state index contributed by atoms with van der Waals surface area (Å²) in [6, 6.07) is 9.72. The maximum absolute atomic E-state index is 13.6. The van der Waals surface area contributed by atoms with Gasteiger partial charge in [0.25, 0.3) is 0 Å². The van der Waals surface area contributed by atoms with Crippen molar-refractivity contribution in [1.29, 1.82) is 0 Å². The third-order valence-corrected chi connectivity index (χ3v) is 4.62. The van der Waals surface area contributed by atoms with E-state index >= 15 is 0 Å². The van der Waals surface area contributed by atoms with Crippen LogP contribution in [0, 0.1) is 11.6 Å². The van der Waals surface area contributed by atoms with Crippen LogP contribution in [-0.4, -0.2) is 27.7 Å². The molecule has 0 spiro atoms. The molecule has 0 aliphatic carbocycles. The Morgan fingerprint density at radius 3 is 2.28 bits per heavy atom. The van der Waals surface area contributed by atoms with Crippen molar-refractivity contribution in [1.82, 2.24) is 10.6 Å². The average Bonchev–Trinajstić information content (AvgIpc) is 2.57. The van der Waals surface area contributed by atoms with Crippen molar-refractivity contribution >= 4 is 15.8 Å². The molecule has 2 aromatic carbocycles. The number of benzene rings is 2. The Morgan fingerprint density at radius 1 is 1.04 bits per heavy atom. The highest BCUT2D eigenvalue weighted by molar-refractivity contribution is 7.90. The van der Waals surface area contributed by atoms with Crippen LogP contribution in [0.15, 0.2) is 52.4 Å². The van der Waals surface area contributed by atoms with Crippen LogP contribution in [0.25, 0.3) is 0 Å². The molecule has 8 heteroatoms. The number of aliphatic imine (C=N–C) groups is 1. The summed E-state index contributed by atoms with van der Waals surface area (Å²) >= 11 is 0. The quantitative estimate of drug-likeness (QED) is 0.628. The lowest BCUT2D eigenvalue weighted by atomic mass is 10.2. The minimum absolute atomic E-state index is 0.0796. The first-order valence-corrected chi connectivity index (χ1v) is 9.36. The number of nitrogens with one attached hydrogen (secondary N) is 2. The number of guanidine groups is 1. The fraction of sp³-hybridized carbons (Fsp3) is 0.235. The molecule has 0 aliphatic rings. The molecule has 5 nitrogen and oxygen atoms in total. The van der Waals surface area contributed by atoms with E-state index in [0.717, 1.165) is 30.0 Å². The number of hydrogen-bond acceptors (Lipinski definition) is 3. The van der Waals surface area contributed by atoms with Crippen LogP contribution >= 0.6 is 0 Å². The van der Waals surface area contributed by atoms with E-state index in [0.29, 0.717) is 12.5 Å². The molecule has 0 saturated heterocycles. The molecular formula is C17H19F2N3O2S. The van der Waals surface area contributed by atoms with Crippen molar-refractivity contribution in [2.75, 3.05) is 13.3 Å². The van der Waals surface area contributed by atoms with Crippen LogP contribution in [0.1, 0.15) is 11.1 Å². The third kappa shape index (κ3) is 5.53. The molecule has 0 heterocycles. The molecule has 0 aromatic heterocycles. The Labute approximate surface area is 145 Å². The van der Waals surface area contributed by atoms with Gasteiger partial charge in [-0.05, 0) is 35.9 Å². The van der Waals surface area contributed by atoms with E-state index in [-0.39, 0.29) is 17.0 Å². The summed E-state index contributed by atoms with van der Waals surface area (Å²) in [5.74, 6) is -0.594. The predicted octanol–water partition coefficient (Wildman–Crippen LogP) is 2.23. The molecule has 0 bridgehead atoms. The van der Waals surface area contributed by atoms with Gasteiger partial charge in [-0.1, -0.05) is 12.1 Å². The summed E-state index contributed by atoms with van der Waals surface area (Å²) in [6.45, 7) is 0.478. The maximum atomic E-state index is 13.6. The first kappa shape index (κ1) is 18.9. The highest BCUT2D eigenvalue weighted by atomic mass is 32.2. The van der Waals surface area contributed by atoms with Gasteiger partial charge in [0.15, 0.2) is 15.8 Å². The van der Waals surface area contributed by atoms with E-state index in [1.165, 1.54) is 12.1 Å². The van der Waals surface area contributed by atoms with Crippen molar-refractivity contribution < 1.29 is 17.2 Å². The standard InChI is InChI=1S/C17H19F2N3O2S/c1-20-17(22-11-13-9-14(18)5-8-16(13)19)21-10-12-3-6-15(7-4-12)25(2,23)24/h3-9H,10-11H2,1-2H3,(H2,20,21,22). The monoisotopic (exact) mass is 367 g/mol. The molecule has 2 aromatic rings. The number of halogens is 2. The summed E-state index contributed by atoms with van der Waals surface area (Å²) in [7, 11) is -1.67. The van der Waals surface area contributed by atoms with E-state index in [4.69, 9.17) is 0 Å². The second-order valence-electron chi connectivity index (χ2n) is 5.43. The molecule has 0 aliphatic heterocycles. The van der Waals surface area contributed by atoms with E-state index in [1.807, 2.05) is 0 Å². The Kier molecular flexibility index (Phi) is 6.08. The van der Waals surface area contributed by atoms with E-state index in [9.17, 15) is 17.2 Å². The first-order valence-electron chi connectivity index (χ1n) is 7.47. The summed E-state index contributed by atoms with van der Waals surface area (Å²) < 4.78 is 49.6. The van der Waals surface area contributed by atoms with Crippen molar-refractivity contribution in [3.63, 3.8) is 0 Å². The average molecular weight is 367 g/mol. The third-order valence-electron chi connectivity index (χ3n) is 3.49. The minimum atomic E-state index is -3.23. The molecule has 25 heavy (non-hydrogen) atoms. The number of sulfone groups is 1. The van der Waals surface area contributed by atoms with E-state index < -0.39 is 21.5 Å². The second-order valence-corrected chi connectivity index (χ2v) is 7.45. The first-order chi connectivity index (χ1) is 11.8. The zero-order valence-electron chi connectivity index (χ0n) is 13.9. The summed E-state index contributed by atoms with van der Waals surface area (Å²) in [5, 5.41) is 5.92. The summed E-state index contributed by atoms with van der Waals surface area (Å²) in [4.78, 5) is 4.26. The summed E-state index contributed by atoms with van der Waals surface area (Å²) in [5.41, 5.74) is 1.05. The lowest BCUT2D eigenvalue weighted by Crippen LogP contribution is -2.36. The highest BCUT2D eigenvalue weighted by Gasteiger charge is 2.07. The van der Waals surface area contributed by atoms with Crippen LogP contribution in [-0.2, 0) is 22.9 Å². The van der Waals surface area contributed by atoms with E-state index in [1.54, 1.807) is 19.2 Å². The van der Waals surface area contributed by atoms with Gasteiger partial charge >= 0.3 is 0 Å². The predicted molar refractivity (Wildman–Crippen MR) is 92.9 cm³/mol. The largest absolute Gasteiger partial charge is 0.352 e. The van der Waals surface area contributed by atoms with Crippen molar-refractivity contribution in [2.45, 2.75) is 18.0 Å². The Bertz CT molecular complexity index is 866. The van der Waals surface area contributed by atoms with Gasteiger partial charge in [-0.2, -0.15) is 0 Å². The minimum Gasteiger partial charge on any atom is -0.352 e. The second kappa shape index (κ2) is 8.06. The van der Waals surface area contributed by atoms with Gasteiger partial charge < -0.3 is 10.6 Å². The van der Waals surface area contributed by atoms with Crippen LogP contribution in [0.3, 0.4) is 0 Å². The van der Waals surface area contributed by atoms with Gasteiger partial charge in [0.2, 0.25) is 0 Å². The molecule has 0 fully saturated rings. The lowest BCUT2D eigenvalue weighted by molar-refractivity contribution is 0.581. The fourth-order valence-electron chi connectivity index (χ4n) is 2.12. The lowest BCUT2D eigenvalue weighted by Gasteiger charge is -2.12. The maximum Gasteiger partial charge on any atom is 0.191 e. The van der Waals surface area contributed by atoms with Gasteiger partial charge in [0.05, 0.1) is 4.90 Å². The van der Waals surface area contributed by atoms with Gasteiger partial charge in [0, 0.05) is 32.0 Å². The van der Waals surface area contributed by atoms with Gasteiger partial charge in [-0.15, -0.1) is 0 Å². The summed E-state index contributed by atoms with van der Waals surface area (Å²) in [6.07, 6.45) is 1.15. The van der Waals surface area contributed by atoms with Crippen LogP contribution in [0.5, 0.6) is 0 Å². The number of nitrogens with zero attached hydrogens (tertiary/aromatic N) is 1. The molecule has 0 amide bonds. The molecular weight excluding hydrogens is 348 g/mol. The molecule has 2 N–H and O–H groups in total. The SMILES string of the molecule is CN=C(NCc1ccc(S(C)(=O)=O)cc1)NCc1cc(F)ccc1F. The Morgan fingerprint density at radius 2 is 1.68 bits per heavy atom. The molecule has 0 saturated carbocycles. The molecule has 0 radical (unpaired) electrons. The highest BCUT2D eigenvalue weighted by Crippen LogP contribution is 2.11. The van der Waals surface area contributed by atoms with Gasteiger partial charge in [-0.3, -0.25) is 4.99 Å². The fourth-order valence-corrected chi connectivity index (χ4v) is 2.75. The van der Waals surface area contributed by atoms with Gasteiger partial charge in [0.1, 0.15) is 11.6 Å². The van der Waals surface area contributed by atoms with Crippen LogP contribution in [0.4, 0.5) is 8.78 Å². The molecule has 0 unspecified atom stereocenters. The van der Waals surface area contributed by atoms with Crippen LogP contribution < -0.4 is 10.6 Å². The molecule has 2 rings (SSSR count). The topological polar surface area (TPSA) is 70.6 Å². The smallest absolute Gasteiger partial charge is 0.191 e. The number of hydrogen-bond donors (Lipinski definition) is 2. The van der Waals surface area contributed by atoms with E-state index in [2.05, 4.69) is 15.6 Å². The van der Waals surface area contributed by atoms with Crippen molar-refractivity contribution in [3.8, 4) is 0 Å². The zero-order valence-corrected chi connectivity index (χ0v) is 14.7. The number of rotatable bonds is 5. The molecule has 0 atom stereocenters. The molecule has 134 valence electrons.